The molecule has 7 heteroatoms. The molecule has 2 aromatic heterocycles. The largest absolute Gasteiger partial charge is 0.398 e. The minimum Gasteiger partial charge on any atom is -0.398 e. The van der Waals surface area contributed by atoms with E-state index >= 15 is 0 Å². The lowest BCUT2D eigenvalue weighted by molar-refractivity contribution is 0.0751. The van der Waals surface area contributed by atoms with E-state index in [-0.39, 0.29) is 5.91 Å². The second-order valence-corrected chi connectivity index (χ2v) is 6.21. The highest BCUT2D eigenvalue weighted by Crippen LogP contribution is 2.25. The van der Waals surface area contributed by atoms with E-state index in [1.807, 2.05) is 11.8 Å². The Balaban J connectivity index is 1.64. The zero-order valence-corrected chi connectivity index (χ0v) is 12.6. The van der Waals surface area contributed by atoms with Crippen LogP contribution in [0.3, 0.4) is 0 Å². The Hall–Kier alpha value is -2.15. The zero-order chi connectivity index (χ0) is 14.8. The van der Waals surface area contributed by atoms with Gasteiger partial charge in [-0.15, -0.1) is 11.3 Å². The predicted molar refractivity (Wildman–Crippen MR) is 83.6 cm³/mol. The van der Waals surface area contributed by atoms with Gasteiger partial charge >= 0.3 is 0 Å². The fourth-order valence-corrected chi connectivity index (χ4v) is 3.23. The number of nitrogens with zero attached hydrogens (tertiary/aromatic N) is 4. The highest BCUT2D eigenvalue weighted by molar-refractivity contribution is 7.14. The van der Waals surface area contributed by atoms with Crippen molar-refractivity contribution < 1.29 is 4.79 Å². The van der Waals surface area contributed by atoms with E-state index in [1.165, 1.54) is 11.3 Å². The monoisotopic (exact) mass is 303 g/mol. The molecule has 0 spiro atoms. The molecule has 1 saturated heterocycles. The van der Waals surface area contributed by atoms with Crippen molar-refractivity contribution >= 4 is 28.9 Å². The van der Waals surface area contributed by atoms with Gasteiger partial charge in [-0.05, 0) is 19.1 Å². The molecule has 0 saturated carbocycles. The van der Waals surface area contributed by atoms with Gasteiger partial charge in [-0.25, -0.2) is 9.97 Å². The first kappa shape index (κ1) is 13.8. The molecular formula is C14H17N5OS. The van der Waals surface area contributed by atoms with Gasteiger partial charge in [-0.2, -0.15) is 0 Å². The van der Waals surface area contributed by atoms with E-state index in [2.05, 4.69) is 14.9 Å². The van der Waals surface area contributed by atoms with E-state index in [4.69, 9.17) is 5.73 Å². The molecule has 1 amide bonds. The quantitative estimate of drug-likeness (QED) is 0.907. The summed E-state index contributed by atoms with van der Waals surface area (Å²) in [7, 11) is 0. The number of hydrogen-bond donors (Lipinski definition) is 1. The number of carbonyl (C=O) groups is 1. The molecule has 0 bridgehead atoms. The second-order valence-electron chi connectivity index (χ2n) is 4.95. The summed E-state index contributed by atoms with van der Waals surface area (Å²) in [4.78, 5) is 26.6. The molecule has 0 aromatic carbocycles. The highest BCUT2D eigenvalue weighted by Gasteiger charge is 2.24. The van der Waals surface area contributed by atoms with Crippen LogP contribution in [0.5, 0.6) is 0 Å². The maximum absolute atomic E-state index is 12.4. The van der Waals surface area contributed by atoms with Crippen molar-refractivity contribution in [3.63, 3.8) is 0 Å². The number of hydrogen-bond acceptors (Lipinski definition) is 6. The van der Waals surface area contributed by atoms with Crippen LogP contribution in [0.15, 0.2) is 24.5 Å². The first-order chi connectivity index (χ1) is 10.1. The number of nitrogen functional groups attached to an aromatic ring is 1. The smallest absolute Gasteiger partial charge is 0.264 e. The minimum atomic E-state index is 0.0634. The van der Waals surface area contributed by atoms with Crippen LogP contribution >= 0.6 is 11.3 Å². The molecular weight excluding hydrogens is 286 g/mol. The van der Waals surface area contributed by atoms with Crippen LogP contribution in [0.25, 0.3) is 0 Å². The van der Waals surface area contributed by atoms with Gasteiger partial charge in [0.2, 0.25) is 5.95 Å². The molecule has 1 fully saturated rings. The summed E-state index contributed by atoms with van der Waals surface area (Å²) in [6.07, 6.45) is 3.47. The Morgan fingerprint density at radius 3 is 2.48 bits per heavy atom. The summed E-state index contributed by atoms with van der Waals surface area (Å²) < 4.78 is 0. The zero-order valence-electron chi connectivity index (χ0n) is 11.8. The Morgan fingerprint density at radius 1 is 1.24 bits per heavy atom. The molecule has 0 aliphatic carbocycles. The first-order valence-electron chi connectivity index (χ1n) is 6.82. The Kier molecular flexibility index (Phi) is 3.74. The number of aromatic nitrogens is 2. The van der Waals surface area contributed by atoms with Crippen molar-refractivity contribution in [2.24, 2.45) is 0 Å². The molecule has 3 heterocycles. The van der Waals surface area contributed by atoms with Crippen LogP contribution in [-0.4, -0.2) is 47.0 Å². The molecule has 2 aromatic rings. The Morgan fingerprint density at radius 2 is 1.90 bits per heavy atom. The maximum atomic E-state index is 12.4. The minimum absolute atomic E-state index is 0.0634. The average Bonchev–Trinajstić information content (AvgIpc) is 2.87. The topological polar surface area (TPSA) is 75.4 Å². The number of nitrogens with two attached hydrogens (primary N) is 1. The van der Waals surface area contributed by atoms with Crippen molar-refractivity contribution in [3.05, 3.63) is 34.3 Å². The van der Waals surface area contributed by atoms with Crippen LogP contribution in [0.4, 0.5) is 11.6 Å². The van der Waals surface area contributed by atoms with Crippen molar-refractivity contribution in [1.82, 2.24) is 14.9 Å². The van der Waals surface area contributed by atoms with Crippen LogP contribution < -0.4 is 10.6 Å². The molecule has 110 valence electrons. The van der Waals surface area contributed by atoms with E-state index in [9.17, 15) is 4.79 Å². The number of amides is 1. The van der Waals surface area contributed by atoms with E-state index < -0.39 is 0 Å². The van der Waals surface area contributed by atoms with Crippen LogP contribution in [0.1, 0.15) is 14.5 Å². The number of piperazine rings is 1. The molecule has 6 nitrogen and oxygen atoms in total. The summed E-state index contributed by atoms with van der Waals surface area (Å²) >= 11 is 1.46. The van der Waals surface area contributed by atoms with Gasteiger partial charge in [0, 0.05) is 49.1 Å². The highest BCUT2D eigenvalue weighted by atomic mass is 32.1. The van der Waals surface area contributed by atoms with Crippen LogP contribution in [-0.2, 0) is 0 Å². The van der Waals surface area contributed by atoms with Gasteiger partial charge < -0.3 is 15.5 Å². The molecule has 0 atom stereocenters. The molecule has 1 aliphatic heterocycles. The first-order valence-corrected chi connectivity index (χ1v) is 7.64. The van der Waals surface area contributed by atoms with E-state index in [0.717, 1.165) is 28.8 Å². The molecule has 21 heavy (non-hydrogen) atoms. The van der Waals surface area contributed by atoms with Gasteiger partial charge in [0.15, 0.2) is 0 Å². The standard InChI is InChI=1S/C14H17N5OS/c1-10-11(15)9-12(21-10)13(20)18-5-7-19(8-6-18)14-16-3-2-4-17-14/h2-4,9H,5-8,15H2,1H3. The summed E-state index contributed by atoms with van der Waals surface area (Å²) in [6, 6.07) is 3.57. The van der Waals surface area contributed by atoms with Gasteiger partial charge in [0.25, 0.3) is 5.91 Å². The predicted octanol–water partition coefficient (Wildman–Crippen LogP) is 1.39. The lowest BCUT2D eigenvalue weighted by Gasteiger charge is -2.34. The Bertz CT molecular complexity index is 615. The summed E-state index contributed by atoms with van der Waals surface area (Å²) in [5.41, 5.74) is 6.52. The molecule has 0 unspecified atom stereocenters. The summed E-state index contributed by atoms with van der Waals surface area (Å²) in [6.45, 7) is 4.77. The third-order valence-corrected chi connectivity index (χ3v) is 4.62. The van der Waals surface area contributed by atoms with Gasteiger partial charge in [-0.1, -0.05) is 0 Å². The van der Waals surface area contributed by atoms with Gasteiger partial charge in [0.05, 0.1) is 4.88 Å². The van der Waals surface area contributed by atoms with Gasteiger partial charge in [0.1, 0.15) is 0 Å². The Labute approximate surface area is 127 Å². The van der Waals surface area contributed by atoms with E-state index in [0.29, 0.717) is 18.8 Å². The van der Waals surface area contributed by atoms with Crippen LogP contribution in [0.2, 0.25) is 0 Å². The second kappa shape index (κ2) is 5.69. The third kappa shape index (κ3) is 2.82. The van der Waals surface area contributed by atoms with Crippen LogP contribution in [0, 0.1) is 6.92 Å². The third-order valence-electron chi connectivity index (χ3n) is 3.57. The summed E-state index contributed by atoms with van der Waals surface area (Å²) in [5, 5.41) is 0. The normalized spacial score (nSPS) is 15.3. The fourth-order valence-electron chi connectivity index (χ4n) is 2.32. The SMILES string of the molecule is Cc1sc(C(=O)N2CCN(c3ncccn3)CC2)cc1N. The van der Waals surface area contributed by atoms with Crippen molar-refractivity contribution in [3.8, 4) is 0 Å². The van der Waals surface area contributed by atoms with E-state index in [1.54, 1.807) is 24.5 Å². The summed E-state index contributed by atoms with van der Waals surface area (Å²) in [5.74, 6) is 0.786. The van der Waals surface area contributed by atoms with Crippen molar-refractivity contribution in [2.75, 3.05) is 36.8 Å². The van der Waals surface area contributed by atoms with Gasteiger partial charge in [-0.3, -0.25) is 4.79 Å². The van der Waals surface area contributed by atoms with Crippen molar-refractivity contribution in [1.29, 1.82) is 0 Å². The lowest BCUT2D eigenvalue weighted by Crippen LogP contribution is -2.49. The molecule has 2 N–H and O–H groups in total. The molecule has 0 radical (unpaired) electrons. The lowest BCUT2D eigenvalue weighted by atomic mass is 10.3. The fraction of sp³-hybridized carbons (Fsp3) is 0.357. The maximum Gasteiger partial charge on any atom is 0.264 e. The number of rotatable bonds is 2. The number of thiophene rings is 1. The number of anilines is 2. The molecule has 1 aliphatic rings. The van der Waals surface area contributed by atoms with Crippen molar-refractivity contribution in [2.45, 2.75) is 6.92 Å². The molecule has 3 rings (SSSR count). The average molecular weight is 303 g/mol. The number of carbonyl (C=O) groups excluding carboxylic acids is 1. The number of aryl methyl sites for hydroxylation is 1.